The number of pyridine rings is 2. The van der Waals surface area contributed by atoms with Crippen LogP contribution in [0.3, 0.4) is 0 Å². The summed E-state index contributed by atoms with van der Waals surface area (Å²) < 4.78 is 0. The van der Waals surface area contributed by atoms with E-state index in [4.69, 9.17) is 4.98 Å². The summed E-state index contributed by atoms with van der Waals surface area (Å²) in [5, 5.41) is 4.38. The van der Waals surface area contributed by atoms with Gasteiger partial charge in [-0.2, -0.15) is 0 Å². The summed E-state index contributed by atoms with van der Waals surface area (Å²) in [6.07, 6.45) is 7.70. The van der Waals surface area contributed by atoms with Crippen molar-refractivity contribution in [3.05, 3.63) is 84.4 Å². The van der Waals surface area contributed by atoms with E-state index in [2.05, 4.69) is 49.4 Å². The third-order valence-corrected chi connectivity index (χ3v) is 5.34. The van der Waals surface area contributed by atoms with E-state index < -0.39 is 0 Å². The maximum absolute atomic E-state index is 4.78. The van der Waals surface area contributed by atoms with Crippen LogP contribution in [-0.2, 0) is 6.54 Å². The van der Waals surface area contributed by atoms with E-state index in [1.807, 2.05) is 42.7 Å². The summed E-state index contributed by atoms with van der Waals surface area (Å²) in [5.74, 6) is 1.34. The van der Waals surface area contributed by atoms with Crippen LogP contribution in [0.4, 0.5) is 11.8 Å². The molecule has 5 rings (SSSR count). The second-order valence-electron chi connectivity index (χ2n) is 7.30. The molecular weight excluding hydrogens is 360 g/mol. The predicted molar refractivity (Wildman–Crippen MR) is 114 cm³/mol. The molecule has 1 unspecified atom stereocenters. The van der Waals surface area contributed by atoms with Crippen LogP contribution < -0.4 is 5.32 Å². The van der Waals surface area contributed by atoms with E-state index in [1.54, 1.807) is 6.20 Å². The van der Waals surface area contributed by atoms with Gasteiger partial charge in [-0.25, -0.2) is 15.0 Å². The molecule has 1 saturated heterocycles. The van der Waals surface area contributed by atoms with E-state index in [0.717, 1.165) is 36.5 Å². The van der Waals surface area contributed by atoms with Crippen molar-refractivity contribution in [2.45, 2.75) is 25.4 Å². The number of nitrogens with zero attached hydrogens (tertiary/aromatic N) is 5. The van der Waals surface area contributed by atoms with Crippen molar-refractivity contribution >= 4 is 22.7 Å². The molecule has 29 heavy (non-hydrogen) atoms. The molecule has 4 aromatic rings. The van der Waals surface area contributed by atoms with Crippen molar-refractivity contribution in [1.82, 2.24) is 24.8 Å². The molecule has 4 heterocycles. The average Bonchev–Trinajstić information content (AvgIpc) is 3.23. The molecule has 0 amide bonds. The van der Waals surface area contributed by atoms with Gasteiger partial charge in [0.15, 0.2) is 0 Å². The zero-order valence-electron chi connectivity index (χ0n) is 16.1. The predicted octanol–water partition coefficient (Wildman–Crippen LogP) is 4.50. The van der Waals surface area contributed by atoms with Crippen LogP contribution in [0.1, 0.15) is 30.1 Å². The Morgan fingerprint density at radius 1 is 0.931 bits per heavy atom. The van der Waals surface area contributed by atoms with Gasteiger partial charge in [-0.05, 0) is 61.3 Å². The molecule has 6 nitrogen and oxygen atoms in total. The molecule has 0 spiro atoms. The lowest BCUT2D eigenvalue weighted by molar-refractivity contribution is 0.244. The Morgan fingerprint density at radius 2 is 1.90 bits per heavy atom. The molecule has 1 aromatic carbocycles. The summed E-state index contributed by atoms with van der Waals surface area (Å²) in [6, 6.07) is 18.7. The Balaban J connectivity index is 1.35. The first kappa shape index (κ1) is 17.7. The van der Waals surface area contributed by atoms with Gasteiger partial charge in [0.1, 0.15) is 5.82 Å². The highest BCUT2D eigenvalue weighted by Crippen LogP contribution is 2.32. The lowest BCUT2D eigenvalue weighted by atomic mass is 10.1. The highest BCUT2D eigenvalue weighted by Gasteiger charge is 2.27. The smallest absolute Gasteiger partial charge is 0.228 e. The van der Waals surface area contributed by atoms with E-state index in [-0.39, 0.29) is 0 Å². The summed E-state index contributed by atoms with van der Waals surface area (Å²) in [7, 11) is 0. The molecule has 0 bridgehead atoms. The molecular formula is C23H22N6. The monoisotopic (exact) mass is 382 g/mol. The Kier molecular flexibility index (Phi) is 4.84. The molecule has 144 valence electrons. The topological polar surface area (TPSA) is 66.8 Å². The van der Waals surface area contributed by atoms with Crippen LogP contribution in [0.2, 0.25) is 0 Å². The number of rotatable bonds is 5. The maximum Gasteiger partial charge on any atom is 0.228 e. The van der Waals surface area contributed by atoms with Crippen molar-refractivity contribution in [1.29, 1.82) is 0 Å². The lowest BCUT2D eigenvalue weighted by Gasteiger charge is -2.24. The molecule has 0 saturated carbocycles. The van der Waals surface area contributed by atoms with Gasteiger partial charge < -0.3 is 5.32 Å². The van der Waals surface area contributed by atoms with Gasteiger partial charge in [0, 0.05) is 30.5 Å². The van der Waals surface area contributed by atoms with Crippen LogP contribution in [-0.4, -0.2) is 31.4 Å². The highest BCUT2D eigenvalue weighted by atomic mass is 15.2. The van der Waals surface area contributed by atoms with Crippen LogP contribution in [0.15, 0.2) is 73.2 Å². The van der Waals surface area contributed by atoms with Gasteiger partial charge >= 0.3 is 0 Å². The van der Waals surface area contributed by atoms with Gasteiger partial charge in [-0.3, -0.25) is 9.88 Å². The van der Waals surface area contributed by atoms with Crippen LogP contribution in [0.5, 0.6) is 0 Å². The van der Waals surface area contributed by atoms with Crippen LogP contribution in [0.25, 0.3) is 10.9 Å². The zero-order chi connectivity index (χ0) is 19.5. The molecule has 1 N–H and O–H groups in total. The SMILES string of the molecule is c1ccc(Nc2nccc(C3CCCN3Cc3ccc4ncccc4c3)n2)nc1. The van der Waals surface area contributed by atoms with E-state index in [1.165, 1.54) is 17.4 Å². The van der Waals surface area contributed by atoms with E-state index >= 15 is 0 Å². The Labute approximate surface area is 169 Å². The number of anilines is 2. The number of benzene rings is 1. The average molecular weight is 382 g/mol. The molecule has 0 aliphatic carbocycles. The first-order valence-corrected chi connectivity index (χ1v) is 9.94. The highest BCUT2D eigenvalue weighted by molar-refractivity contribution is 5.78. The Morgan fingerprint density at radius 3 is 2.83 bits per heavy atom. The largest absolute Gasteiger partial charge is 0.309 e. The molecule has 0 radical (unpaired) electrons. The number of fused-ring (bicyclic) bond motifs is 1. The normalized spacial score (nSPS) is 16.9. The second kappa shape index (κ2) is 7.93. The fourth-order valence-electron chi connectivity index (χ4n) is 3.98. The minimum absolute atomic E-state index is 0.298. The van der Waals surface area contributed by atoms with Crippen molar-refractivity contribution in [3.63, 3.8) is 0 Å². The number of likely N-dealkylation sites (tertiary alicyclic amines) is 1. The van der Waals surface area contributed by atoms with Gasteiger partial charge in [0.05, 0.1) is 17.3 Å². The van der Waals surface area contributed by atoms with Crippen molar-refractivity contribution < 1.29 is 0 Å². The fraction of sp³-hybridized carbons (Fsp3) is 0.217. The Hall–Kier alpha value is -3.38. The molecule has 6 heteroatoms. The zero-order valence-corrected chi connectivity index (χ0v) is 16.1. The molecule has 1 aliphatic heterocycles. The summed E-state index contributed by atoms with van der Waals surface area (Å²) in [6.45, 7) is 1.98. The fourth-order valence-corrected chi connectivity index (χ4v) is 3.98. The first-order valence-electron chi connectivity index (χ1n) is 9.94. The number of hydrogen-bond donors (Lipinski definition) is 1. The van der Waals surface area contributed by atoms with Gasteiger partial charge in [0.2, 0.25) is 5.95 Å². The molecule has 1 aliphatic rings. The second-order valence-corrected chi connectivity index (χ2v) is 7.30. The maximum atomic E-state index is 4.78. The van der Waals surface area contributed by atoms with Crippen molar-refractivity contribution in [3.8, 4) is 0 Å². The van der Waals surface area contributed by atoms with Crippen LogP contribution in [0, 0.1) is 0 Å². The number of aromatic nitrogens is 4. The number of nitrogens with one attached hydrogen (secondary N) is 1. The van der Waals surface area contributed by atoms with Crippen molar-refractivity contribution in [2.24, 2.45) is 0 Å². The standard InChI is InChI=1S/C23H22N6/c1-2-11-25-22(7-1)28-23-26-13-10-20(27-23)21-6-4-14-29(21)16-17-8-9-19-18(15-17)5-3-12-24-19/h1-3,5,7-13,15,21H,4,6,14,16H2,(H,25,26,27,28). The minimum atomic E-state index is 0.298. The minimum Gasteiger partial charge on any atom is -0.309 e. The first-order chi connectivity index (χ1) is 14.3. The van der Waals surface area contributed by atoms with E-state index in [9.17, 15) is 0 Å². The third-order valence-electron chi connectivity index (χ3n) is 5.34. The summed E-state index contributed by atoms with van der Waals surface area (Å²) in [4.78, 5) is 20.4. The summed E-state index contributed by atoms with van der Waals surface area (Å²) >= 11 is 0. The molecule has 1 atom stereocenters. The number of hydrogen-bond acceptors (Lipinski definition) is 6. The van der Waals surface area contributed by atoms with Gasteiger partial charge in [-0.1, -0.05) is 18.2 Å². The van der Waals surface area contributed by atoms with Crippen LogP contribution >= 0.6 is 0 Å². The summed E-state index contributed by atoms with van der Waals surface area (Å²) in [5.41, 5.74) is 3.40. The molecule has 3 aromatic heterocycles. The Bertz CT molecular complexity index is 1110. The molecule has 1 fully saturated rings. The van der Waals surface area contributed by atoms with Crippen molar-refractivity contribution in [2.75, 3.05) is 11.9 Å². The van der Waals surface area contributed by atoms with Gasteiger partial charge in [0.25, 0.3) is 0 Å². The van der Waals surface area contributed by atoms with Gasteiger partial charge in [-0.15, -0.1) is 0 Å². The third kappa shape index (κ3) is 3.93. The van der Waals surface area contributed by atoms with E-state index in [0.29, 0.717) is 12.0 Å². The quantitative estimate of drug-likeness (QED) is 0.548. The lowest BCUT2D eigenvalue weighted by Crippen LogP contribution is -2.23.